The van der Waals surface area contributed by atoms with Crippen LogP contribution in [0, 0.1) is 5.92 Å². The van der Waals surface area contributed by atoms with Gasteiger partial charge in [0.05, 0.1) is 29.1 Å². The van der Waals surface area contributed by atoms with E-state index in [0.29, 0.717) is 17.9 Å². The second-order valence-corrected chi connectivity index (χ2v) is 11.6. The van der Waals surface area contributed by atoms with E-state index in [1.165, 1.54) is 0 Å². The molecule has 1 aromatic carbocycles. The highest BCUT2D eigenvalue weighted by atomic mass is 16.2. The fraction of sp³-hybridized carbons (Fsp3) is 0.419. The van der Waals surface area contributed by atoms with Crippen LogP contribution in [0.5, 0.6) is 0 Å². The quantitative estimate of drug-likeness (QED) is 0.298. The van der Waals surface area contributed by atoms with Crippen molar-refractivity contribution in [3.05, 3.63) is 65.6 Å². The lowest BCUT2D eigenvalue weighted by molar-refractivity contribution is -0.136. The summed E-state index contributed by atoms with van der Waals surface area (Å²) in [6, 6.07) is 10.7. The van der Waals surface area contributed by atoms with Gasteiger partial charge in [-0.05, 0) is 74.3 Å². The van der Waals surface area contributed by atoms with Crippen LogP contribution < -0.4 is 10.6 Å². The molecule has 10 nitrogen and oxygen atoms in total. The van der Waals surface area contributed by atoms with E-state index in [9.17, 15) is 19.2 Å². The van der Waals surface area contributed by atoms with Crippen LogP contribution in [0.1, 0.15) is 90.7 Å². The van der Waals surface area contributed by atoms with Gasteiger partial charge >= 0.3 is 0 Å². The smallest absolute Gasteiger partial charge is 0.262 e. The van der Waals surface area contributed by atoms with Gasteiger partial charge in [0.25, 0.3) is 11.8 Å². The Bertz CT molecular complexity index is 1520. The minimum atomic E-state index is -0.955. The predicted molar refractivity (Wildman–Crippen MR) is 152 cm³/mol. The molecule has 3 aliphatic rings. The number of carbonyl (C=O) groups excluding carboxylic acids is 4. The summed E-state index contributed by atoms with van der Waals surface area (Å²) < 4.78 is 2.08. The molecule has 4 heterocycles. The summed E-state index contributed by atoms with van der Waals surface area (Å²) in [5.74, 6) is -0.935. The summed E-state index contributed by atoms with van der Waals surface area (Å²) in [7, 11) is 0. The normalized spacial score (nSPS) is 22.1. The van der Waals surface area contributed by atoms with Crippen LogP contribution in [0.25, 0.3) is 11.3 Å². The van der Waals surface area contributed by atoms with E-state index >= 15 is 0 Å². The van der Waals surface area contributed by atoms with Crippen molar-refractivity contribution < 1.29 is 19.2 Å². The Balaban J connectivity index is 0.971. The third-order valence-electron chi connectivity index (χ3n) is 8.40. The van der Waals surface area contributed by atoms with Gasteiger partial charge < -0.3 is 5.32 Å². The SMILES string of the molecule is CC(C)c1cccc(-c2cnn(C3CC(CCCNc4ccc5c(c4)C(=O)N(C4CCC(=O)NC4=O)C5=O)C3)c2)n1. The monoisotopic (exact) mass is 554 g/mol. The number of nitrogens with one attached hydrogen (secondary N) is 2. The van der Waals surface area contributed by atoms with Crippen molar-refractivity contribution in [2.24, 2.45) is 5.92 Å². The van der Waals surface area contributed by atoms with Gasteiger partial charge in [-0.1, -0.05) is 19.9 Å². The highest BCUT2D eigenvalue weighted by Gasteiger charge is 2.44. The molecule has 1 atom stereocenters. The first-order chi connectivity index (χ1) is 19.8. The number of imide groups is 2. The van der Waals surface area contributed by atoms with Crippen molar-refractivity contribution in [1.29, 1.82) is 0 Å². The first-order valence-electron chi connectivity index (χ1n) is 14.4. The van der Waals surface area contributed by atoms with Gasteiger partial charge in [-0.25, -0.2) is 0 Å². The number of benzene rings is 1. The molecular weight excluding hydrogens is 520 g/mol. The Morgan fingerprint density at radius 2 is 1.85 bits per heavy atom. The Kier molecular flexibility index (Phi) is 7.15. The number of carbonyl (C=O) groups is 4. The van der Waals surface area contributed by atoms with Crippen LogP contribution in [-0.2, 0) is 9.59 Å². The third-order valence-corrected chi connectivity index (χ3v) is 8.40. The number of amides is 4. The minimum absolute atomic E-state index is 0.103. The first-order valence-corrected chi connectivity index (χ1v) is 14.4. The highest BCUT2D eigenvalue weighted by molar-refractivity contribution is 6.23. The average Bonchev–Trinajstić information content (AvgIpc) is 3.51. The second kappa shape index (κ2) is 10.9. The van der Waals surface area contributed by atoms with Crippen molar-refractivity contribution >= 4 is 29.3 Å². The van der Waals surface area contributed by atoms with Crippen molar-refractivity contribution in [3.8, 4) is 11.3 Å². The molecule has 1 aliphatic carbocycles. The summed E-state index contributed by atoms with van der Waals surface area (Å²) in [6.45, 7) is 5.05. The van der Waals surface area contributed by atoms with Gasteiger partial charge in [-0.2, -0.15) is 5.10 Å². The molecule has 41 heavy (non-hydrogen) atoms. The van der Waals surface area contributed by atoms with Crippen LogP contribution in [0.15, 0.2) is 48.8 Å². The molecule has 6 rings (SSSR count). The Labute approximate surface area is 238 Å². The fourth-order valence-electron chi connectivity index (χ4n) is 5.96. The van der Waals surface area contributed by atoms with Crippen molar-refractivity contribution in [2.75, 3.05) is 11.9 Å². The molecule has 0 radical (unpaired) electrons. The molecule has 212 valence electrons. The van der Waals surface area contributed by atoms with Gasteiger partial charge in [0.1, 0.15) is 6.04 Å². The van der Waals surface area contributed by atoms with Gasteiger partial charge in [0, 0.05) is 36.1 Å². The maximum absolute atomic E-state index is 13.0. The Morgan fingerprint density at radius 3 is 2.63 bits per heavy atom. The Hall–Kier alpha value is -4.34. The molecule has 2 aromatic heterocycles. The van der Waals surface area contributed by atoms with Crippen LogP contribution in [-0.4, -0.2) is 55.9 Å². The number of hydrogen-bond donors (Lipinski definition) is 2. The fourth-order valence-corrected chi connectivity index (χ4v) is 5.96. The van der Waals surface area contributed by atoms with Crippen LogP contribution in [0.3, 0.4) is 0 Å². The molecule has 1 saturated carbocycles. The highest BCUT2D eigenvalue weighted by Crippen LogP contribution is 2.40. The minimum Gasteiger partial charge on any atom is -0.385 e. The van der Waals surface area contributed by atoms with Crippen molar-refractivity contribution in [2.45, 2.75) is 70.4 Å². The van der Waals surface area contributed by atoms with E-state index in [4.69, 9.17) is 4.98 Å². The van der Waals surface area contributed by atoms with Crippen LogP contribution in [0.2, 0.25) is 0 Å². The maximum Gasteiger partial charge on any atom is 0.262 e. The number of rotatable bonds is 9. The van der Waals surface area contributed by atoms with E-state index in [0.717, 1.165) is 59.8 Å². The molecule has 0 spiro atoms. The van der Waals surface area contributed by atoms with E-state index < -0.39 is 23.8 Å². The third kappa shape index (κ3) is 5.26. The number of pyridine rings is 1. The summed E-state index contributed by atoms with van der Waals surface area (Å²) in [6.07, 6.45) is 8.55. The summed E-state index contributed by atoms with van der Waals surface area (Å²) in [5.41, 5.74) is 4.44. The largest absolute Gasteiger partial charge is 0.385 e. The van der Waals surface area contributed by atoms with E-state index in [2.05, 4.69) is 52.6 Å². The molecule has 3 aromatic rings. The number of fused-ring (bicyclic) bond motifs is 1. The molecule has 4 amide bonds. The predicted octanol–water partition coefficient (Wildman–Crippen LogP) is 4.31. The standard InChI is InChI=1S/C31H34N6O4/c1-18(2)25-6-3-7-26(34-25)20-16-33-36(17-20)22-13-19(14-22)5-4-12-32-21-8-9-23-24(15-21)31(41)37(30(23)40)27-10-11-28(38)35-29(27)39/h3,6-9,15-19,22,27,32H,4-5,10-14H2,1-2H3,(H,35,38,39). The van der Waals surface area contributed by atoms with E-state index in [1.807, 2.05) is 12.3 Å². The average molecular weight is 555 g/mol. The number of hydrogen-bond acceptors (Lipinski definition) is 7. The number of aromatic nitrogens is 3. The lowest BCUT2D eigenvalue weighted by atomic mass is 9.77. The zero-order chi connectivity index (χ0) is 28.7. The molecular formula is C31H34N6O4. The van der Waals surface area contributed by atoms with E-state index in [-0.39, 0.29) is 29.9 Å². The molecule has 10 heteroatoms. The molecule has 0 bridgehead atoms. The molecule has 1 saturated heterocycles. The second-order valence-electron chi connectivity index (χ2n) is 11.6. The molecule has 2 fully saturated rings. The van der Waals surface area contributed by atoms with Crippen molar-refractivity contribution in [1.82, 2.24) is 25.0 Å². The summed E-state index contributed by atoms with van der Waals surface area (Å²) in [4.78, 5) is 55.4. The number of nitrogens with zero attached hydrogens (tertiary/aromatic N) is 4. The zero-order valence-corrected chi connectivity index (χ0v) is 23.3. The Morgan fingerprint density at radius 1 is 1.05 bits per heavy atom. The van der Waals surface area contributed by atoms with Crippen molar-refractivity contribution in [3.63, 3.8) is 0 Å². The van der Waals surface area contributed by atoms with Crippen LogP contribution in [0.4, 0.5) is 5.69 Å². The van der Waals surface area contributed by atoms with E-state index in [1.54, 1.807) is 18.2 Å². The zero-order valence-electron chi connectivity index (χ0n) is 23.3. The molecule has 2 N–H and O–H groups in total. The number of anilines is 1. The molecule has 1 unspecified atom stereocenters. The number of piperidine rings is 1. The maximum atomic E-state index is 13.0. The molecule has 2 aliphatic heterocycles. The first kappa shape index (κ1) is 26.9. The summed E-state index contributed by atoms with van der Waals surface area (Å²) >= 11 is 0. The van der Waals surface area contributed by atoms with Gasteiger partial charge in [-0.15, -0.1) is 0 Å². The van der Waals surface area contributed by atoms with Gasteiger partial charge in [0.2, 0.25) is 11.8 Å². The van der Waals surface area contributed by atoms with Gasteiger partial charge in [0.15, 0.2) is 0 Å². The topological polar surface area (TPSA) is 126 Å². The van der Waals surface area contributed by atoms with Gasteiger partial charge in [-0.3, -0.25) is 39.1 Å². The summed E-state index contributed by atoms with van der Waals surface area (Å²) in [5, 5.41) is 10.2. The lowest BCUT2D eigenvalue weighted by Crippen LogP contribution is -2.54. The lowest BCUT2D eigenvalue weighted by Gasteiger charge is -2.35. The van der Waals surface area contributed by atoms with Crippen LogP contribution >= 0.6 is 0 Å².